The van der Waals surface area contributed by atoms with Gasteiger partial charge in [-0.15, -0.1) is 0 Å². The second-order valence-electron chi connectivity index (χ2n) is 8.83. The van der Waals surface area contributed by atoms with Crippen LogP contribution in [-0.4, -0.2) is 61.8 Å². The van der Waals surface area contributed by atoms with Crippen molar-refractivity contribution in [2.45, 2.75) is 33.1 Å². The van der Waals surface area contributed by atoms with Gasteiger partial charge in [-0.25, -0.2) is 4.98 Å². The Kier molecular flexibility index (Phi) is 7.96. The zero-order chi connectivity index (χ0) is 23.2. The van der Waals surface area contributed by atoms with Gasteiger partial charge < -0.3 is 9.47 Å². The van der Waals surface area contributed by atoms with Gasteiger partial charge in [0.1, 0.15) is 5.75 Å². The van der Waals surface area contributed by atoms with Crippen molar-refractivity contribution in [3.63, 3.8) is 0 Å². The van der Waals surface area contributed by atoms with Crippen LogP contribution in [0.25, 0.3) is 10.2 Å². The van der Waals surface area contributed by atoms with Crippen LogP contribution in [0.5, 0.6) is 5.75 Å². The molecule has 3 aromatic rings. The zero-order valence-corrected chi connectivity index (χ0v) is 20.6. The van der Waals surface area contributed by atoms with Crippen LogP contribution in [0.2, 0.25) is 0 Å². The lowest BCUT2D eigenvalue weighted by molar-refractivity contribution is -0.120. The van der Waals surface area contributed by atoms with Crippen LogP contribution in [0.1, 0.15) is 37.3 Å². The van der Waals surface area contributed by atoms with Gasteiger partial charge in [-0.3, -0.25) is 14.6 Å². The number of carbonyl (C=O) groups is 1. The molecule has 1 aliphatic rings. The second-order valence-corrected chi connectivity index (χ2v) is 9.84. The Hall–Kier alpha value is -2.48. The molecule has 0 N–H and O–H groups in total. The number of ether oxygens (including phenoxy) is 2. The van der Waals surface area contributed by atoms with Gasteiger partial charge in [-0.05, 0) is 54.7 Å². The Bertz CT molecular complexity index is 1060. The number of aromatic nitrogens is 1. The maximum absolute atomic E-state index is 13.3. The minimum atomic E-state index is -0.0688. The minimum absolute atomic E-state index is 0.00642. The van der Waals surface area contributed by atoms with Gasteiger partial charge in [0.15, 0.2) is 11.7 Å². The molecule has 7 heteroatoms. The molecule has 2 heterocycles. The summed E-state index contributed by atoms with van der Waals surface area (Å²) in [6, 6.07) is 14.2. The fraction of sp³-hybridized carbons (Fsp3) is 0.462. The number of benzene rings is 2. The quantitative estimate of drug-likeness (QED) is 0.450. The highest BCUT2D eigenvalue weighted by Gasteiger charge is 2.21. The van der Waals surface area contributed by atoms with Gasteiger partial charge in [-0.1, -0.05) is 43.4 Å². The Morgan fingerprint density at radius 1 is 1.18 bits per heavy atom. The number of hydrogen-bond acceptors (Lipinski definition) is 6. The summed E-state index contributed by atoms with van der Waals surface area (Å²) in [5.41, 5.74) is 3.37. The first kappa shape index (κ1) is 23.7. The van der Waals surface area contributed by atoms with Crippen LogP contribution in [0.15, 0.2) is 42.5 Å². The normalized spacial score (nSPS) is 14.7. The van der Waals surface area contributed by atoms with Gasteiger partial charge in [0, 0.05) is 26.2 Å². The van der Waals surface area contributed by atoms with E-state index in [0.29, 0.717) is 18.2 Å². The van der Waals surface area contributed by atoms with Crippen LogP contribution in [0.4, 0.5) is 5.13 Å². The molecule has 0 atom stereocenters. The molecule has 0 spiro atoms. The number of amides is 1. The van der Waals surface area contributed by atoms with Crippen molar-refractivity contribution in [1.29, 1.82) is 0 Å². The fourth-order valence-electron chi connectivity index (χ4n) is 3.91. The number of fused-ring (bicyclic) bond motifs is 1. The molecule has 0 unspecified atom stereocenters. The van der Waals surface area contributed by atoms with E-state index in [2.05, 4.69) is 49.9 Å². The molecular formula is C26H33N3O3S. The van der Waals surface area contributed by atoms with E-state index < -0.39 is 0 Å². The van der Waals surface area contributed by atoms with Gasteiger partial charge in [0.2, 0.25) is 0 Å². The number of anilines is 1. The van der Waals surface area contributed by atoms with Crippen molar-refractivity contribution in [2.24, 2.45) is 0 Å². The highest BCUT2D eigenvalue weighted by atomic mass is 32.1. The highest BCUT2D eigenvalue weighted by molar-refractivity contribution is 7.22. The number of aryl methyl sites for hydroxylation is 1. The Labute approximate surface area is 200 Å². The van der Waals surface area contributed by atoms with Crippen molar-refractivity contribution < 1.29 is 14.3 Å². The maximum Gasteiger partial charge on any atom is 0.266 e. The largest absolute Gasteiger partial charge is 0.484 e. The van der Waals surface area contributed by atoms with Crippen LogP contribution in [0, 0.1) is 6.92 Å². The minimum Gasteiger partial charge on any atom is -0.484 e. The molecule has 0 bridgehead atoms. The third-order valence-electron chi connectivity index (χ3n) is 5.93. The Morgan fingerprint density at radius 2 is 1.94 bits per heavy atom. The third-order valence-corrected chi connectivity index (χ3v) is 6.97. The SMILES string of the molecule is Cc1ccc2nc(N(CCCN3CCOCC3)C(=O)COc3ccc(C(C)C)cc3)sc2c1. The van der Waals surface area contributed by atoms with E-state index >= 15 is 0 Å². The molecule has 0 aliphatic carbocycles. The first-order chi connectivity index (χ1) is 16.0. The lowest BCUT2D eigenvalue weighted by Crippen LogP contribution is -2.40. The molecule has 1 amide bonds. The summed E-state index contributed by atoms with van der Waals surface area (Å²) in [5.74, 6) is 1.10. The smallest absolute Gasteiger partial charge is 0.266 e. The first-order valence-corrected chi connectivity index (χ1v) is 12.5. The number of carbonyl (C=O) groups excluding carboxylic acids is 1. The monoisotopic (exact) mass is 467 g/mol. The molecule has 33 heavy (non-hydrogen) atoms. The molecular weight excluding hydrogens is 434 g/mol. The topological polar surface area (TPSA) is 54.9 Å². The van der Waals surface area contributed by atoms with Gasteiger partial charge in [-0.2, -0.15) is 0 Å². The predicted molar refractivity (Wildman–Crippen MR) is 135 cm³/mol. The van der Waals surface area contributed by atoms with Gasteiger partial charge >= 0.3 is 0 Å². The number of thiazole rings is 1. The summed E-state index contributed by atoms with van der Waals surface area (Å²) in [6.07, 6.45) is 0.879. The van der Waals surface area contributed by atoms with E-state index in [4.69, 9.17) is 14.5 Å². The summed E-state index contributed by atoms with van der Waals surface area (Å²) in [4.78, 5) is 22.2. The van der Waals surface area contributed by atoms with E-state index in [0.717, 1.165) is 54.6 Å². The molecule has 0 saturated carbocycles. The number of hydrogen-bond donors (Lipinski definition) is 0. The van der Waals surface area contributed by atoms with Gasteiger partial charge in [0.25, 0.3) is 5.91 Å². The maximum atomic E-state index is 13.3. The van der Waals surface area contributed by atoms with E-state index in [1.807, 2.05) is 18.2 Å². The molecule has 0 radical (unpaired) electrons. The van der Waals surface area contributed by atoms with Crippen LogP contribution in [-0.2, 0) is 9.53 Å². The van der Waals surface area contributed by atoms with Crippen LogP contribution in [0.3, 0.4) is 0 Å². The Balaban J connectivity index is 1.44. The standard InChI is InChI=1S/C26H33N3O3S/c1-19(2)21-6-8-22(9-7-21)32-18-25(30)29(12-4-11-28-13-15-31-16-14-28)26-27-23-10-5-20(3)17-24(23)33-26/h5-10,17,19H,4,11-16,18H2,1-3H3. The number of rotatable bonds is 9. The van der Waals surface area contributed by atoms with Crippen molar-refractivity contribution in [3.8, 4) is 5.75 Å². The Morgan fingerprint density at radius 3 is 2.67 bits per heavy atom. The van der Waals surface area contributed by atoms with Crippen molar-refractivity contribution in [3.05, 3.63) is 53.6 Å². The summed E-state index contributed by atoms with van der Waals surface area (Å²) >= 11 is 1.57. The average molecular weight is 468 g/mol. The lowest BCUT2D eigenvalue weighted by Gasteiger charge is -2.27. The van der Waals surface area contributed by atoms with Crippen LogP contribution >= 0.6 is 11.3 Å². The van der Waals surface area contributed by atoms with E-state index in [9.17, 15) is 4.79 Å². The first-order valence-electron chi connectivity index (χ1n) is 11.7. The predicted octanol–water partition coefficient (Wildman–Crippen LogP) is 4.86. The average Bonchev–Trinajstić information content (AvgIpc) is 3.24. The molecule has 176 valence electrons. The summed E-state index contributed by atoms with van der Waals surface area (Å²) < 4.78 is 12.4. The van der Waals surface area contributed by atoms with Crippen molar-refractivity contribution in [1.82, 2.24) is 9.88 Å². The molecule has 1 aromatic heterocycles. The van der Waals surface area contributed by atoms with Gasteiger partial charge in [0.05, 0.1) is 23.4 Å². The van der Waals surface area contributed by atoms with Crippen molar-refractivity contribution >= 4 is 32.6 Å². The zero-order valence-electron chi connectivity index (χ0n) is 19.8. The van der Waals surface area contributed by atoms with E-state index in [1.165, 1.54) is 11.1 Å². The molecule has 2 aromatic carbocycles. The van der Waals surface area contributed by atoms with E-state index in [1.54, 1.807) is 16.2 Å². The van der Waals surface area contributed by atoms with Crippen LogP contribution < -0.4 is 9.64 Å². The molecule has 1 saturated heterocycles. The van der Waals surface area contributed by atoms with Crippen molar-refractivity contribution in [2.75, 3.05) is 50.9 Å². The highest BCUT2D eigenvalue weighted by Crippen LogP contribution is 2.30. The molecule has 4 rings (SSSR count). The van der Waals surface area contributed by atoms with E-state index in [-0.39, 0.29) is 12.5 Å². The lowest BCUT2D eigenvalue weighted by atomic mass is 10.0. The molecule has 6 nitrogen and oxygen atoms in total. The number of morpholine rings is 1. The third kappa shape index (κ3) is 6.31. The molecule has 1 aliphatic heterocycles. The summed E-state index contributed by atoms with van der Waals surface area (Å²) in [5, 5.41) is 0.737. The fourth-order valence-corrected chi connectivity index (χ4v) is 5.02. The summed E-state index contributed by atoms with van der Waals surface area (Å²) in [6.45, 7) is 11.4. The number of nitrogens with zero attached hydrogens (tertiary/aromatic N) is 3. The summed E-state index contributed by atoms with van der Waals surface area (Å²) in [7, 11) is 0. The second kappa shape index (κ2) is 11.1. The molecule has 1 fully saturated rings.